The molecule has 44 heavy (non-hydrogen) atoms. The second kappa shape index (κ2) is 16.9. The van der Waals surface area contributed by atoms with Gasteiger partial charge in [-0.3, -0.25) is 9.80 Å². The molecule has 0 unspecified atom stereocenters. The summed E-state index contributed by atoms with van der Waals surface area (Å²) < 4.78 is 51.3. The number of likely N-dealkylation sites (tertiary alicyclic amines) is 1. The predicted octanol–water partition coefficient (Wildman–Crippen LogP) is 6.88. The van der Waals surface area contributed by atoms with E-state index >= 15 is 0 Å². The van der Waals surface area contributed by atoms with E-state index in [4.69, 9.17) is 9.47 Å². The molecule has 2 saturated heterocycles. The molecule has 2 N–H and O–H groups in total. The number of halogens is 5. The van der Waals surface area contributed by atoms with Crippen LogP contribution >= 0.6 is 24.8 Å². The number of carbonyl (C=O) groups excluding carboxylic acids is 1. The lowest BCUT2D eigenvalue weighted by atomic mass is 9.86. The summed E-state index contributed by atoms with van der Waals surface area (Å²) in [5, 5.41) is 5.94. The van der Waals surface area contributed by atoms with Gasteiger partial charge in [-0.2, -0.15) is 0 Å². The molecular formula is C32H39Cl2F3N4O3. The first kappa shape index (κ1) is 35.5. The number of nitrogens with one attached hydrogen (secondary N) is 2. The summed E-state index contributed by atoms with van der Waals surface area (Å²) >= 11 is 0. The Hall–Kier alpha value is -3.02. The Labute approximate surface area is 268 Å². The first-order chi connectivity index (χ1) is 20.3. The SMILES string of the molecule is Cc1ccc(NC(=O)NCCN2CCOCC2)cc1C1CCN(Cc2ccc(Oc3cc(F)c(F)cc3F)cc2)CC1.Cl.Cl. The molecule has 2 aliphatic heterocycles. The summed E-state index contributed by atoms with van der Waals surface area (Å²) in [4.78, 5) is 17.1. The highest BCUT2D eigenvalue weighted by Crippen LogP contribution is 2.33. The molecule has 0 spiro atoms. The fourth-order valence-electron chi connectivity index (χ4n) is 5.52. The van der Waals surface area contributed by atoms with Gasteiger partial charge < -0.3 is 20.1 Å². The van der Waals surface area contributed by atoms with Crippen molar-refractivity contribution in [2.24, 2.45) is 0 Å². The Morgan fingerprint density at radius 3 is 2.27 bits per heavy atom. The van der Waals surface area contributed by atoms with Gasteiger partial charge in [0.05, 0.1) is 13.2 Å². The van der Waals surface area contributed by atoms with Gasteiger partial charge in [0.2, 0.25) is 0 Å². The van der Waals surface area contributed by atoms with Gasteiger partial charge in [0.25, 0.3) is 0 Å². The lowest BCUT2D eigenvalue weighted by molar-refractivity contribution is 0.0388. The van der Waals surface area contributed by atoms with Gasteiger partial charge in [0.15, 0.2) is 23.2 Å². The third-order valence-electron chi connectivity index (χ3n) is 7.91. The molecule has 0 atom stereocenters. The maximum absolute atomic E-state index is 13.9. The third kappa shape index (κ3) is 9.74. The van der Waals surface area contributed by atoms with Gasteiger partial charge in [-0.15, -0.1) is 24.8 Å². The number of urea groups is 1. The summed E-state index contributed by atoms with van der Waals surface area (Å²) in [6.45, 7) is 9.42. The van der Waals surface area contributed by atoms with Gasteiger partial charge in [-0.1, -0.05) is 18.2 Å². The van der Waals surface area contributed by atoms with Crippen molar-refractivity contribution < 1.29 is 27.4 Å². The van der Waals surface area contributed by atoms with Crippen LogP contribution in [-0.2, 0) is 11.3 Å². The minimum atomic E-state index is -1.25. The van der Waals surface area contributed by atoms with Crippen molar-refractivity contribution in [2.45, 2.75) is 32.2 Å². The number of benzene rings is 3. The van der Waals surface area contributed by atoms with Crippen LogP contribution in [0, 0.1) is 24.4 Å². The Kier molecular flexibility index (Phi) is 13.6. The number of aryl methyl sites for hydroxylation is 1. The number of hydrogen-bond acceptors (Lipinski definition) is 5. The highest BCUT2D eigenvalue weighted by molar-refractivity contribution is 5.89. The molecule has 0 bridgehead atoms. The second-order valence-corrected chi connectivity index (χ2v) is 10.9. The predicted molar refractivity (Wildman–Crippen MR) is 170 cm³/mol. The van der Waals surface area contributed by atoms with Crippen LogP contribution in [-0.4, -0.2) is 68.3 Å². The normalized spacial score (nSPS) is 16.0. The number of nitrogens with zero attached hydrogens (tertiary/aromatic N) is 2. The Morgan fingerprint density at radius 1 is 0.886 bits per heavy atom. The van der Waals surface area contributed by atoms with Gasteiger partial charge >= 0.3 is 6.03 Å². The second-order valence-electron chi connectivity index (χ2n) is 10.9. The summed E-state index contributed by atoms with van der Waals surface area (Å²) in [6, 6.07) is 14.3. The molecule has 2 aliphatic rings. The molecule has 0 radical (unpaired) electrons. The molecule has 7 nitrogen and oxygen atoms in total. The number of carbonyl (C=O) groups is 1. The van der Waals surface area contributed by atoms with Crippen molar-refractivity contribution in [3.8, 4) is 11.5 Å². The average molecular weight is 656 g/mol. The van der Waals surface area contributed by atoms with Crippen LogP contribution < -0.4 is 15.4 Å². The summed E-state index contributed by atoms with van der Waals surface area (Å²) in [5.74, 6) is -2.98. The van der Waals surface area contributed by atoms with Crippen molar-refractivity contribution in [1.82, 2.24) is 15.1 Å². The number of hydrogen-bond donors (Lipinski definition) is 2. The molecule has 3 aromatic rings. The van der Waals surface area contributed by atoms with E-state index in [-0.39, 0.29) is 36.6 Å². The topological polar surface area (TPSA) is 66.1 Å². The maximum atomic E-state index is 13.9. The van der Waals surface area contributed by atoms with Crippen molar-refractivity contribution in [3.63, 3.8) is 0 Å². The molecule has 0 aromatic heterocycles. The van der Waals surface area contributed by atoms with E-state index in [1.54, 1.807) is 12.1 Å². The number of ether oxygens (including phenoxy) is 2. The molecule has 240 valence electrons. The van der Waals surface area contributed by atoms with Crippen molar-refractivity contribution >= 4 is 36.5 Å². The molecule has 0 saturated carbocycles. The first-order valence-electron chi connectivity index (χ1n) is 14.4. The monoisotopic (exact) mass is 654 g/mol. The zero-order chi connectivity index (χ0) is 29.5. The Bertz CT molecular complexity index is 1370. The van der Waals surface area contributed by atoms with Gasteiger partial charge in [-0.05, 0) is 79.7 Å². The van der Waals surface area contributed by atoms with Crippen LogP contribution in [0.25, 0.3) is 0 Å². The van der Waals surface area contributed by atoms with Crippen molar-refractivity contribution in [2.75, 3.05) is 57.8 Å². The maximum Gasteiger partial charge on any atom is 0.319 e. The summed E-state index contributed by atoms with van der Waals surface area (Å²) in [6.07, 6.45) is 2.01. The third-order valence-corrected chi connectivity index (χ3v) is 7.91. The Morgan fingerprint density at radius 2 is 1.57 bits per heavy atom. The summed E-state index contributed by atoms with van der Waals surface area (Å²) in [7, 11) is 0. The van der Waals surface area contributed by atoms with Crippen molar-refractivity contribution in [1.29, 1.82) is 0 Å². The fraction of sp³-hybridized carbons (Fsp3) is 0.406. The highest BCUT2D eigenvalue weighted by Gasteiger charge is 2.22. The zero-order valence-electron chi connectivity index (χ0n) is 24.6. The van der Waals surface area contributed by atoms with Crippen LogP contribution in [0.2, 0.25) is 0 Å². The van der Waals surface area contributed by atoms with Gasteiger partial charge in [0.1, 0.15) is 5.75 Å². The number of anilines is 1. The molecule has 2 fully saturated rings. The summed E-state index contributed by atoms with van der Waals surface area (Å²) in [5.41, 5.74) is 4.37. The molecule has 0 aliphatic carbocycles. The molecule has 2 heterocycles. The number of amides is 2. The lowest BCUT2D eigenvalue weighted by Gasteiger charge is -2.33. The van der Waals surface area contributed by atoms with Gasteiger partial charge in [0, 0.05) is 50.5 Å². The molecular weight excluding hydrogens is 616 g/mol. The van der Waals surface area contributed by atoms with Crippen LogP contribution in [0.15, 0.2) is 54.6 Å². The van der Waals surface area contributed by atoms with Crippen LogP contribution in [0.5, 0.6) is 11.5 Å². The van der Waals surface area contributed by atoms with Crippen LogP contribution in [0.3, 0.4) is 0 Å². The van der Waals surface area contributed by atoms with E-state index in [2.05, 4.69) is 39.5 Å². The molecule has 2 amide bonds. The van der Waals surface area contributed by atoms with E-state index in [1.165, 1.54) is 11.1 Å². The van der Waals surface area contributed by atoms with E-state index in [0.717, 1.165) is 76.6 Å². The average Bonchev–Trinajstić information content (AvgIpc) is 2.99. The lowest BCUT2D eigenvalue weighted by Crippen LogP contribution is -2.42. The standard InChI is InChI=1S/C32H37F3N4O3.2ClH/c1-22-2-5-25(37-32(40)36-10-13-38-14-16-41-17-15-38)18-27(22)24-8-11-39(12-9-24)21-23-3-6-26(7-4-23)42-31-20-29(34)28(33)19-30(31)35;;/h2-7,18-20,24H,8-17,21H2,1H3,(H2,36,37,40);2*1H. The zero-order valence-corrected chi connectivity index (χ0v) is 26.3. The van der Waals surface area contributed by atoms with Crippen LogP contribution in [0.4, 0.5) is 23.7 Å². The minimum Gasteiger partial charge on any atom is -0.454 e. The van der Waals surface area contributed by atoms with Crippen molar-refractivity contribution in [3.05, 3.63) is 88.7 Å². The molecule has 3 aromatic carbocycles. The molecule has 12 heteroatoms. The largest absolute Gasteiger partial charge is 0.454 e. The van der Waals surface area contributed by atoms with Gasteiger partial charge in [-0.25, -0.2) is 18.0 Å². The first-order valence-corrected chi connectivity index (χ1v) is 14.4. The number of morpholine rings is 1. The van der Waals surface area contributed by atoms with E-state index < -0.39 is 17.5 Å². The smallest absolute Gasteiger partial charge is 0.319 e. The number of rotatable bonds is 9. The van der Waals surface area contributed by atoms with E-state index in [9.17, 15) is 18.0 Å². The van der Waals surface area contributed by atoms with E-state index in [0.29, 0.717) is 30.3 Å². The van der Waals surface area contributed by atoms with Crippen LogP contribution in [0.1, 0.15) is 35.4 Å². The minimum absolute atomic E-state index is 0. The quantitative estimate of drug-likeness (QED) is 0.246. The Balaban J connectivity index is 0.00000264. The number of piperidine rings is 1. The van der Waals surface area contributed by atoms with E-state index in [1.807, 2.05) is 18.2 Å². The fourth-order valence-corrected chi connectivity index (χ4v) is 5.52. The highest BCUT2D eigenvalue weighted by atomic mass is 35.5. The molecule has 5 rings (SSSR count).